The minimum Gasteiger partial charge on any atom is -0.497 e. The van der Waals surface area contributed by atoms with Crippen LogP contribution in [0.2, 0.25) is 0 Å². The van der Waals surface area contributed by atoms with Crippen molar-refractivity contribution in [2.75, 3.05) is 19.1 Å². The van der Waals surface area contributed by atoms with Crippen molar-refractivity contribution < 1.29 is 14.3 Å². The van der Waals surface area contributed by atoms with Crippen LogP contribution in [-0.4, -0.2) is 43.1 Å². The Morgan fingerprint density at radius 2 is 1.88 bits per heavy atom. The number of carbonyl (C=O) groups excluding carboxylic acids is 2. The van der Waals surface area contributed by atoms with Crippen LogP contribution in [-0.2, 0) is 11.2 Å². The van der Waals surface area contributed by atoms with Crippen molar-refractivity contribution in [2.24, 2.45) is 5.73 Å². The molecule has 3 amide bonds. The summed E-state index contributed by atoms with van der Waals surface area (Å²) in [6.45, 7) is 1.96. The number of urea groups is 1. The highest BCUT2D eigenvalue weighted by Crippen LogP contribution is 2.13. The molecule has 1 aromatic rings. The lowest BCUT2D eigenvalue weighted by Gasteiger charge is -2.20. The number of rotatable bonds is 10. The van der Waals surface area contributed by atoms with Crippen molar-refractivity contribution in [2.45, 2.75) is 38.3 Å². The molecule has 0 heterocycles. The van der Waals surface area contributed by atoms with E-state index in [-0.39, 0.29) is 11.9 Å². The van der Waals surface area contributed by atoms with Gasteiger partial charge in [-0.3, -0.25) is 4.79 Å². The van der Waals surface area contributed by atoms with E-state index in [2.05, 4.69) is 10.6 Å². The fourth-order valence-corrected chi connectivity index (χ4v) is 2.74. The van der Waals surface area contributed by atoms with Crippen molar-refractivity contribution in [3.8, 4) is 5.75 Å². The lowest BCUT2D eigenvalue weighted by molar-refractivity contribution is -0.123. The average Bonchev–Trinajstić information content (AvgIpc) is 2.56. The van der Waals surface area contributed by atoms with Crippen molar-refractivity contribution in [3.05, 3.63) is 29.8 Å². The molecule has 24 heavy (non-hydrogen) atoms. The first-order valence-electron chi connectivity index (χ1n) is 7.94. The van der Waals surface area contributed by atoms with Gasteiger partial charge in [-0.25, -0.2) is 4.79 Å². The molecule has 1 rings (SSSR count). The number of aryl methyl sites for hydroxylation is 1. The molecule has 0 aliphatic rings. The number of ether oxygens (including phenoxy) is 1. The number of primary amides is 1. The normalized spacial score (nSPS) is 13.0. The number of thioether (sulfide) groups is 1. The van der Waals surface area contributed by atoms with Crippen molar-refractivity contribution in [3.63, 3.8) is 0 Å². The number of hydrogen-bond acceptors (Lipinski definition) is 4. The smallest absolute Gasteiger partial charge is 0.312 e. The van der Waals surface area contributed by atoms with Gasteiger partial charge < -0.3 is 21.1 Å². The summed E-state index contributed by atoms with van der Waals surface area (Å²) in [6, 6.07) is 6.63. The Bertz CT molecular complexity index is 522. The Morgan fingerprint density at radius 3 is 2.42 bits per heavy atom. The Hall–Kier alpha value is -1.89. The van der Waals surface area contributed by atoms with E-state index < -0.39 is 12.1 Å². The highest BCUT2D eigenvalue weighted by atomic mass is 32.2. The first kappa shape index (κ1) is 20.2. The molecule has 1 aromatic carbocycles. The average molecular weight is 353 g/mol. The van der Waals surface area contributed by atoms with Crippen LogP contribution in [0.3, 0.4) is 0 Å². The van der Waals surface area contributed by atoms with Gasteiger partial charge in [0.25, 0.3) is 0 Å². The van der Waals surface area contributed by atoms with E-state index in [0.29, 0.717) is 6.42 Å². The SMILES string of the molecule is COc1ccc(CC[C@@H](C)NC(=O)[C@H](CCSC)NC(N)=O)cc1. The predicted octanol–water partition coefficient (Wildman–Crippen LogP) is 1.92. The van der Waals surface area contributed by atoms with Crippen LogP contribution < -0.4 is 21.1 Å². The maximum atomic E-state index is 12.3. The molecule has 0 bridgehead atoms. The number of hydrogen-bond donors (Lipinski definition) is 3. The number of methoxy groups -OCH3 is 1. The Morgan fingerprint density at radius 1 is 1.21 bits per heavy atom. The highest BCUT2D eigenvalue weighted by Gasteiger charge is 2.20. The van der Waals surface area contributed by atoms with Crippen LogP contribution >= 0.6 is 11.8 Å². The van der Waals surface area contributed by atoms with Crippen molar-refractivity contribution in [1.82, 2.24) is 10.6 Å². The number of amides is 3. The van der Waals surface area contributed by atoms with Crippen LogP contribution in [0.1, 0.15) is 25.3 Å². The maximum Gasteiger partial charge on any atom is 0.312 e. The standard InChI is InChI=1S/C17H27N3O3S/c1-12(4-5-13-6-8-14(23-2)9-7-13)19-16(21)15(10-11-24-3)20-17(18)22/h6-9,12,15H,4-5,10-11H2,1-3H3,(H,19,21)(H3,18,20,22)/t12-,15+/m1/s1. The summed E-state index contributed by atoms with van der Waals surface area (Å²) in [5, 5.41) is 5.45. The second kappa shape index (κ2) is 10.8. The molecular weight excluding hydrogens is 326 g/mol. The van der Waals surface area contributed by atoms with Crippen molar-refractivity contribution in [1.29, 1.82) is 0 Å². The number of benzene rings is 1. The molecule has 0 unspecified atom stereocenters. The second-order valence-corrected chi connectivity index (χ2v) is 6.62. The van der Waals surface area contributed by atoms with E-state index >= 15 is 0 Å². The molecule has 0 fully saturated rings. The van der Waals surface area contributed by atoms with Gasteiger partial charge in [0, 0.05) is 6.04 Å². The van der Waals surface area contributed by atoms with Gasteiger partial charge in [-0.05, 0) is 55.9 Å². The van der Waals surface area contributed by atoms with E-state index in [9.17, 15) is 9.59 Å². The third-order valence-electron chi connectivity index (χ3n) is 3.66. The second-order valence-electron chi connectivity index (χ2n) is 5.64. The molecule has 7 heteroatoms. The molecule has 0 saturated carbocycles. The maximum absolute atomic E-state index is 12.3. The minimum atomic E-state index is -0.679. The Balaban J connectivity index is 2.46. The summed E-state index contributed by atoms with van der Waals surface area (Å²) < 4.78 is 5.13. The van der Waals surface area contributed by atoms with E-state index in [0.717, 1.165) is 24.3 Å². The fraction of sp³-hybridized carbons (Fsp3) is 0.529. The zero-order valence-corrected chi connectivity index (χ0v) is 15.3. The summed E-state index contributed by atoms with van der Waals surface area (Å²) in [6.07, 6.45) is 4.17. The van der Waals surface area contributed by atoms with Crippen LogP contribution in [0.4, 0.5) is 4.79 Å². The van der Waals surface area contributed by atoms with Gasteiger partial charge in [-0.15, -0.1) is 0 Å². The van der Waals surface area contributed by atoms with Crippen LogP contribution in [0.5, 0.6) is 5.75 Å². The van der Waals surface area contributed by atoms with E-state index in [1.54, 1.807) is 18.9 Å². The van der Waals surface area contributed by atoms with Gasteiger partial charge in [0.05, 0.1) is 7.11 Å². The number of nitrogens with two attached hydrogens (primary N) is 1. The summed E-state index contributed by atoms with van der Waals surface area (Å²) in [7, 11) is 1.64. The molecule has 134 valence electrons. The minimum absolute atomic E-state index is 0.00561. The zero-order valence-electron chi connectivity index (χ0n) is 14.5. The largest absolute Gasteiger partial charge is 0.497 e. The molecule has 0 aliphatic carbocycles. The topological polar surface area (TPSA) is 93.4 Å². The molecule has 0 spiro atoms. The van der Waals surface area contributed by atoms with E-state index in [1.165, 1.54) is 5.56 Å². The summed E-state index contributed by atoms with van der Waals surface area (Å²) in [4.78, 5) is 23.3. The fourth-order valence-electron chi connectivity index (χ4n) is 2.27. The summed E-state index contributed by atoms with van der Waals surface area (Å²) >= 11 is 1.62. The lowest BCUT2D eigenvalue weighted by Crippen LogP contribution is -2.50. The molecule has 4 N–H and O–H groups in total. The highest BCUT2D eigenvalue weighted by molar-refractivity contribution is 7.98. The van der Waals surface area contributed by atoms with Gasteiger partial charge in [-0.2, -0.15) is 11.8 Å². The first-order valence-corrected chi connectivity index (χ1v) is 9.33. The van der Waals surface area contributed by atoms with E-state index in [4.69, 9.17) is 10.5 Å². The van der Waals surface area contributed by atoms with Crippen molar-refractivity contribution >= 4 is 23.7 Å². The third kappa shape index (κ3) is 7.59. The lowest BCUT2D eigenvalue weighted by atomic mass is 10.1. The number of carbonyl (C=O) groups is 2. The molecule has 2 atom stereocenters. The monoisotopic (exact) mass is 353 g/mol. The molecule has 0 aliphatic heterocycles. The quantitative estimate of drug-likeness (QED) is 0.599. The van der Waals surface area contributed by atoms with Crippen LogP contribution in [0.15, 0.2) is 24.3 Å². The van der Waals surface area contributed by atoms with E-state index in [1.807, 2.05) is 37.4 Å². The van der Waals surface area contributed by atoms with Gasteiger partial charge in [0.15, 0.2) is 0 Å². The zero-order chi connectivity index (χ0) is 17.9. The predicted molar refractivity (Wildman–Crippen MR) is 98.4 cm³/mol. The third-order valence-corrected chi connectivity index (χ3v) is 4.30. The van der Waals surface area contributed by atoms with Gasteiger partial charge in [0.1, 0.15) is 11.8 Å². The summed E-state index contributed by atoms with van der Waals surface area (Å²) in [5.74, 6) is 1.41. The first-order chi connectivity index (χ1) is 11.5. The summed E-state index contributed by atoms with van der Waals surface area (Å²) in [5.41, 5.74) is 6.33. The Labute approximate surface area is 147 Å². The molecular formula is C17H27N3O3S. The molecule has 0 radical (unpaired) electrons. The van der Waals surface area contributed by atoms with Crippen LogP contribution in [0, 0.1) is 0 Å². The molecule has 6 nitrogen and oxygen atoms in total. The molecule has 0 saturated heterocycles. The Kier molecular flexibility index (Phi) is 9.07. The molecule has 0 aromatic heterocycles. The van der Waals surface area contributed by atoms with Gasteiger partial charge in [-0.1, -0.05) is 12.1 Å². The number of nitrogens with one attached hydrogen (secondary N) is 2. The van der Waals surface area contributed by atoms with Gasteiger partial charge in [0.2, 0.25) is 5.91 Å². The van der Waals surface area contributed by atoms with Crippen LogP contribution in [0.25, 0.3) is 0 Å². The van der Waals surface area contributed by atoms with Gasteiger partial charge >= 0.3 is 6.03 Å².